The molecule has 1 aliphatic rings. The maximum absolute atomic E-state index is 8.53. The first-order chi connectivity index (χ1) is 5.90. The summed E-state index contributed by atoms with van der Waals surface area (Å²) >= 11 is 1.36. The summed E-state index contributed by atoms with van der Waals surface area (Å²) in [5.41, 5.74) is 0. The van der Waals surface area contributed by atoms with Crippen molar-refractivity contribution in [3.05, 3.63) is 5.82 Å². The molecule has 2 heterocycles. The SMILES string of the molecule is N#CC1NSC(c2nn[nH]n2)N1. The van der Waals surface area contributed by atoms with E-state index < -0.39 is 0 Å². The van der Waals surface area contributed by atoms with Gasteiger partial charge >= 0.3 is 0 Å². The van der Waals surface area contributed by atoms with Crippen LogP contribution in [0.5, 0.6) is 0 Å². The van der Waals surface area contributed by atoms with Crippen LogP contribution in [-0.4, -0.2) is 26.8 Å². The Hall–Kier alpha value is -1.17. The molecule has 0 aliphatic carbocycles. The lowest BCUT2D eigenvalue weighted by molar-refractivity contribution is 0.608. The van der Waals surface area contributed by atoms with Gasteiger partial charge in [0.2, 0.25) is 5.82 Å². The van der Waals surface area contributed by atoms with Crippen LogP contribution >= 0.6 is 11.9 Å². The molecule has 0 saturated carbocycles. The van der Waals surface area contributed by atoms with E-state index in [9.17, 15) is 0 Å². The normalized spacial score (nSPS) is 28.6. The van der Waals surface area contributed by atoms with Crippen LogP contribution in [0.15, 0.2) is 0 Å². The van der Waals surface area contributed by atoms with Crippen LogP contribution in [0.4, 0.5) is 0 Å². The molecule has 3 N–H and O–H groups in total. The molecule has 2 rings (SSSR count). The quantitative estimate of drug-likeness (QED) is 0.474. The number of rotatable bonds is 1. The van der Waals surface area contributed by atoms with Crippen molar-refractivity contribution in [3.8, 4) is 6.07 Å². The molecular formula is C4H5N7S. The predicted molar refractivity (Wildman–Crippen MR) is 40.2 cm³/mol. The first-order valence-electron chi connectivity index (χ1n) is 3.20. The largest absolute Gasteiger partial charge is 0.270 e. The van der Waals surface area contributed by atoms with E-state index in [4.69, 9.17) is 5.26 Å². The first kappa shape index (κ1) is 7.48. The minimum atomic E-state index is -0.349. The number of nitrogens with one attached hydrogen (secondary N) is 3. The van der Waals surface area contributed by atoms with E-state index in [-0.39, 0.29) is 11.5 Å². The van der Waals surface area contributed by atoms with Gasteiger partial charge in [0.1, 0.15) is 5.37 Å². The molecular weight excluding hydrogens is 178 g/mol. The van der Waals surface area contributed by atoms with Gasteiger partial charge in [0, 0.05) is 0 Å². The lowest BCUT2D eigenvalue weighted by atomic mass is 10.5. The van der Waals surface area contributed by atoms with Gasteiger partial charge in [0.15, 0.2) is 6.17 Å². The standard InChI is InChI=1S/C4H5N7S/c5-1-2-6-4(12-9-2)3-7-10-11-8-3/h2,4,6,9H,(H,7,8,10,11). The molecule has 0 spiro atoms. The summed E-state index contributed by atoms with van der Waals surface area (Å²) in [6.07, 6.45) is -0.349. The highest BCUT2D eigenvalue weighted by Gasteiger charge is 2.27. The third kappa shape index (κ3) is 1.25. The zero-order valence-electron chi connectivity index (χ0n) is 5.85. The minimum Gasteiger partial charge on any atom is -0.270 e. The zero-order chi connectivity index (χ0) is 8.39. The number of tetrazole rings is 1. The van der Waals surface area contributed by atoms with E-state index in [1.807, 2.05) is 6.07 Å². The Morgan fingerprint density at radius 1 is 1.58 bits per heavy atom. The summed E-state index contributed by atoms with van der Waals surface area (Å²) in [5.74, 6) is 0.547. The molecule has 7 nitrogen and oxygen atoms in total. The summed E-state index contributed by atoms with van der Waals surface area (Å²) < 4.78 is 2.87. The topological polar surface area (TPSA) is 102 Å². The van der Waals surface area contributed by atoms with Gasteiger partial charge in [-0.15, -0.1) is 10.2 Å². The molecule has 1 aromatic heterocycles. The maximum atomic E-state index is 8.53. The monoisotopic (exact) mass is 183 g/mol. The highest BCUT2D eigenvalue weighted by molar-refractivity contribution is 7.97. The average Bonchev–Trinajstić information content (AvgIpc) is 2.75. The van der Waals surface area contributed by atoms with Crippen LogP contribution in [0.25, 0.3) is 0 Å². The summed E-state index contributed by atoms with van der Waals surface area (Å²) in [6, 6.07) is 2.03. The van der Waals surface area contributed by atoms with Crippen LogP contribution in [-0.2, 0) is 0 Å². The molecule has 1 saturated heterocycles. The fourth-order valence-corrected chi connectivity index (χ4v) is 1.63. The van der Waals surface area contributed by atoms with Gasteiger partial charge in [-0.3, -0.25) is 5.32 Å². The van der Waals surface area contributed by atoms with Crippen molar-refractivity contribution in [2.75, 3.05) is 0 Å². The molecule has 2 unspecified atom stereocenters. The second-order valence-electron chi connectivity index (χ2n) is 2.11. The van der Waals surface area contributed by atoms with Crippen LogP contribution in [0, 0.1) is 11.3 Å². The van der Waals surface area contributed by atoms with Gasteiger partial charge in [-0.1, -0.05) is 17.2 Å². The first-order valence-corrected chi connectivity index (χ1v) is 4.08. The summed E-state index contributed by atoms with van der Waals surface area (Å²) in [7, 11) is 0. The highest BCUT2D eigenvalue weighted by atomic mass is 32.2. The third-order valence-electron chi connectivity index (χ3n) is 1.35. The Morgan fingerprint density at radius 3 is 3.08 bits per heavy atom. The average molecular weight is 183 g/mol. The van der Waals surface area contributed by atoms with Gasteiger partial charge in [0.25, 0.3) is 0 Å². The Balaban J connectivity index is 2.06. The van der Waals surface area contributed by atoms with Crippen molar-refractivity contribution in [1.29, 1.82) is 5.26 Å². The van der Waals surface area contributed by atoms with Gasteiger partial charge in [-0.25, -0.2) is 4.72 Å². The molecule has 0 radical (unpaired) electrons. The third-order valence-corrected chi connectivity index (χ3v) is 2.30. The van der Waals surface area contributed by atoms with Gasteiger partial charge in [-0.2, -0.15) is 10.5 Å². The van der Waals surface area contributed by atoms with E-state index in [1.165, 1.54) is 11.9 Å². The lowest BCUT2D eigenvalue weighted by Crippen LogP contribution is -2.29. The second-order valence-corrected chi connectivity index (χ2v) is 3.06. The van der Waals surface area contributed by atoms with Crippen molar-refractivity contribution in [1.82, 2.24) is 30.7 Å². The number of hydrogen-bond acceptors (Lipinski definition) is 7. The Morgan fingerprint density at radius 2 is 2.50 bits per heavy atom. The fraction of sp³-hybridized carbons (Fsp3) is 0.500. The Kier molecular flexibility index (Phi) is 1.91. The molecule has 1 aromatic rings. The molecule has 0 aromatic carbocycles. The summed E-state index contributed by atoms with van der Waals surface area (Å²) in [6.45, 7) is 0. The number of aromatic amines is 1. The lowest BCUT2D eigenvalue weighted by Gasteiger charge is -2.00. The van der Waals surface area contributed by atoms with E-state index in [0.717, 1.165) is 0 Å². The van der Waals surface area contributed by atoms with Crippen LogP contribution < -0.4 is 10.0 Å². The number of aromatic nitrogens is 4. The molecule has 1 aliphatic heterocycles. The van der Waals surface area contributed by atoms with Crippen molar-refractivity contribution >= 4 is 11.9 Å². The summed E-state index contributed by atoms with van der Waals surface area (Å²) in [5, 5.41) is 24.7. The maximum Gasteiger partial charge on any atom is 0.203 e. The highest BCUT2D eigenvalue weighted by Crippen LogP contribution is 2.24. The fourth-order valence-electron chi connectivity index (χ4n) is 0.827. The Bertz CT molecular complexity index is 289. The van der Waals surface area contributed by atoms with Gasteiger partial charge < -0.3 is 0 Å². The molecule has 0 amide bonds. The number of H-pyrrole nitrogens is 1. The van der Waals surface area contributed by atoms with Crippen LogP contribution in [0.2, 0.25) is 0 Å². The molecule has 2 atom stereocenters. The van der Waals surface area contributed by atoms with Crippen molar-refractivity contribution in [3.63, 3.8) is 0 Å². The van der Waals surface area contributed by atoms with Crippen LogP contribution in [0.1, 0.15) is 11.2 Å². The van der Waals surface area contributed by atoms with E-state index in [2.05, 4.69) is 30.7 Å². The van der Waals surface area contributed by atoms with E-state index in [1.54, 1.807) is 0 Å². The number of nitriles is 1. The van der Waals surface area contributed by atoms with Gasteiger partial charge in [-0.05, 0) is 0 Å². The van der Waals surface area contributed by atoms with Crippen molar-refractivity contribution in [2.24, 2.45) is 0 Å². The predicted octanol–water partition coefficient (Wildman–Crippen LogP) is -1.11. The van der Waals surface area contributed by atoms with Crippen molar-refractivity contribution < 1.29 is 0 Å². The zero-order valence-corrected chi connectivity index (χ0v) is 6.67. The molecule has 62 valence electrons. The number of nitrogens with zero attached hydrogens (tertiary/aromatic N) is 4. The smallest absolute Gasteiger partial charge is 0.203 e. The Labute approximate surface area is 72.0 Å². The van der Waals surface area contributed by atoms with Gasteiger partial charge in [0.05, 0.1) is 6.07 Å². The van der Waals surface area contributed by atoms with E-state index in [0.29, 0.717) is 5.82 Å². The number of hydrogen-bond donors (Lipinski definition) is 3. The molecule has 0 bridgehead atoms. The second kappa shape index (κ2) is 3.06. The van der Waals surface area contributed by atoms with E-state index >= 15 is 0 Å². The molecule has 8 heteroatoms. The van der Waals surface area contributed by atoms with Crippen LogP contribution in [0.3, 0.4) is 0 Å². The van der Waals surface area contributed by atoms with Crippen molar-refractivity contribution in [2.45, 2.75) is 11.5 Å². The summed E-state index contributed by atoms with van der Waals surface area (Å²) in [4.78, 5) is 0. The molecule has 1 fully saturated rings. The minimum absolute atomic E-state index is 0.103. The molecule has 12 heavy (non-hydrogen) atoms.